The van der Waals surface area contributed by atoms with Crippen molar-refractivity contribution >= 4 is 20.9 Å². The Balaban J connectivity index is 2.58. The summed E-state index contributed by atoms with van der Waals surface area (Å²) in [4.78, 5) is 11.8. The average molecular weight is 298 g/mol. The van der Waals surface area contributed by atoms with E-state index in [4.69, 9.17) is 0 Å². The zero-order valence-electron chi connectivity index (χ0n) is 11.9. The number of nitrogens with zero attached hydrogens (tertiary/aromatic N) is 2. The number of fused-ring (bicyclic) bond motifs is 1. The summed E-state index contributed by atoms with van der Waals surface area (Å²) >= 11 is 0. The molecule has 0 saturated heterocycles. The minimum absolute atomic E-state index is 0.164. The van der Waals surface area contributed by atoms with E-state index in [9.17, 15) is 18.3 Å². The van der Waals surface area contributed by atoms with Crippen LogP contribution in [0.1, 0.15) is 18.6 Å². The van der Waals surface area contributed by atoms with Crippen molar-refractivity contribution in [3.63, 3.8) is 0 Å². The van der Waals surface area contributed by atoms with E-state index >= 15 is 0 Å². The standard InChI is InChI=1S/C13H18N2O4S/c1-8(20(4,18)19)12(16)9-5-6-10-11(7-9)15(3)13(17)14(10)2/h5-8,12,16H,1-4H3. The lowest BCUT2D eigenvalue weighted by Gasteiger charge is -2.17. The first-order chi connectivity index (χ1) is 9.14. The molecule has 1 aromatic heterocycles. The average Bonchev–Trinajstić information content (AvgIpc) is 2.61. The van der Waals surface area contributed by atoms with Gasteiger partial charge in [0.15, 0.2) is 9.84 Å². The summed E-state index contributed by atoms with van der Waals surface area (Å²) in [6.45, 7) is 1.47. The summed E-state index contributed by atoms with van der Waals surface area (Å²) in [5, 5.41) is 9.28. The van der Waals surface area contributed by atoms with Crippen LogP contribution in [0.25, 0.3) is 11.0 Å². The van der Waals surface area contributed by atoms with Crippen LogP contribution in [0, 0.1) is 0 Å². The topological polar surface area (TPSA) is 81.3 Å². The zero-order chi connectivity index (χ0) is 15.2. The van der Waals surface area contributed by atoms with E-state index in [2.05, 4.69) is 0 Å². The second-order valence-electron chi connectivity index (χ2n) is 5.13. The molecule has 6 nitrogen and oxygen atoms in total. The highest BCUT2D eigenvalue weighted by Crippen LogP contribution is 2.24. The summed E-state index contributed by atoms with van der Waals surface area (Å²) in [6, 6.07) is 5.02. The van der Waals surface area contributed by atoms with Crippen LogP contribution in [-0.2, 0) is 23.9 Å². The van der Waals surface area contributed by atoms with Gasteiger partial charge in [-0.2, -0.15) is 0 Å². The van der Waals surface area contributed by atoms with Crippen LogP contribution in [0.5, 0.6) is 0 Å². The predicted octanol–water partition coefficient (Wildman–Crippen LogP) is 0.343. The lowest BCUT2D eigenvalue weighted by molar-refractivity contribution is 0.176. The number of rotatable bonds is 3. The molecule has 20 heavy (non-hydrogen) atoms. The molecule has 1 aromatic carbocycles. The van der Waals surface area contributed by atoms with Gasteiger partial charge in [0.1, 0.15) is 0 Å². The van der Waals surface area contributed by atoms with Crippen molar-refractivity contribution in [2.45, 2.75) is 18.3 Å². The van der Waals surface area contributed by atoms with Gasteiger partial charge in [0, 0.05) is 20.4 Å². The van der Waals surface area contributed by atoms with Crippen LogP contribution in [-0.4, -0.2) is 34.2 Å². The molecular formula is C13H18N2O4S. The molecule has 0 spiro atoms. The first kappa shape index (κ1) is 14.8. The number of aliphatic hydroxyl groups excluding tert-OH is 1. The number of benzene rings is 1. The summed E-state index contributed by atoms with van der Waals surface area (Å²) in [7, 11) is -0.0340. The maximum Gasteiger partial charge on any atom is 0.328 e. The Morgan fingerprint density at radius 3 is 2.25 bits per heavy atom. The molecule has 2 unspecified atom stereocenters. The smallest absolute Gasteiger partial charge is 0.328 e. The van der Waals surface area contributed by atoms with Crippen LogP contribution < -0.4 is 5.69 Å². The second-order valence-corrected chi connectivity index (χ2v) is 7.53. The molecule has 0 amide bonds. The largest absolute Gasteiger partial charge is 0.387 e. The minimum atomic E-state index is -3.34. The van der Waals surface area contributed by atoms with Crippen molar-refractivity contribution in [3.05, 3.63) is 34.2 Å². The summed E-state index contributed by atoms with van der Waals surface area (Å²) in [5.41, 5.74) is 1.72. The van der Waals surface area contributed by atoms with E-state index in [0.717, 1.165) is 11.8 Å². The molecule has 0 fully saturated rings. The fourth-order valence-corrected chi connectivity index (χ4v) is 2.84. The summed E-state index contributed by atoms with van der Waals surface area (Å²) in [6.07, 6.45) is -0.0257. The highest BCUT2D eigenvalue weighted by Gasteiger charge is 2.26. The number of hydrogen-bond donors (Lipinski definition) is 1. The Bertz CT molecular complexity index is 817. The SMILES string of the molecule is CC(C(O)c1ccc2c(c1)n(C)c(=O)n2C)S(C)(=O)=O. The maximum atomic E-state index is 11.8. The molecule has 0 bridgehead atoms. The first-order valence-corrected chi connectivity index (χ1v) is 8.12. The fourth-order valence-electron chi connectivity index (χ4n) is 2.21. The van der Waals surface area contributed by atoms with E-state index in [-0.39, 0.29) is 5.69 Å². The van der Waals surface area contributed by atoms with Crippen molar-refractivity contribution in [1.29, 1.82) is 0 Å². The third kappa shape index (κ3) is 2.27. The van der Waals surface area contributed by atoms with Crippen LogP contribution in [0.15, 0.2) is 23.0 Å². The molecule has 7 heteroatoms. The Labute approximate surface area is 117 Å². The number of sulfone groups is 1. The predicted molar refractivity (Wildman–Crippen MR) is 77.4 cm³/mol. The first-order valence-electron chi connectivity index (χ1n) is 6.17. The molecule has 2 rings (SSSR count). The number of aliphatic hydroxyl groups is 1. The maximum absolute atomic E-state index is 11.8. The molecular weight excluding hydrogens is 280 g/mol. The Morgan fingerprint density at radius 2 is 1.70 bits per heavy atom. The molecule has 2 aromatic rings. The van der Waals surface area contributed by atoms with Crippen molar-refractivity contribution in [3.8, 4) is 0 Å². The van der Waals surface area contributed by atoms with Crippen LogP contribution in [0.3, 0.4) is 0 Å². The van der Waals surface area contributed by atoms with Crippen molar-refractivity contribution < 1.29 is 13.5 Å². The van der Waals surface area contributed by atoms with Gasteiger partial charge in [0.2, 0.25) is 0 Å². The van der Waals surface area contributed by atoms with Gasteiger partial charge in [-0.15, -0.1) is 0 Å². The van der Waals surface area contributed by atoms with Crippen molar-refractivity contribution in [2.75, 3.05) is 6.26 Å². The van der Waals surface area contributed by atoms with E-state index < -0.39 is 21.2 Å². The monoisotopic (exact) mass is 298 g/mol. The van der Waals surface area contributed by atoms with E-state index in [1.54, 1.807) is 32.3 Å². The van der Waals surface area contributed by atoms with Crippen LogP contribution in [0.4, 0.5) is 0 Å². The molecule has 0 radical (unpaired) electrons. The highest BCUT2D eigenvalue weighted by molar-refractivity contribution is 7.91. The van der Waals surface area contributed by atoms with Crippen LogP contribution >= 0.6 is 0 Å². The molecule has 2 atom stereocenters. The molecule has 110 valence electrons. The Morgan fingerprint density at radius 1 is 1.15 bits per heavy atom. The molecule has 0 aliphatic carbocycles. The molecule has 1 N–H and O–H groups in total. The normalized spacial score (nSPS) is 15.4. The van der Waals surface area contributed by atoms with Gasteiger partial charge < -0.3 is 5.11 Å². The number of hydrogen-bond acceptors (Lipinski definition) is 4. The lowest BCUT2D eigenvalue weighted by atomic mass is 10.1. The molecule has 1 heterocycles. The quantitative estimate of drug-likeness (QED) is 0.886. The number of aromatic nitrogens is 2. The van der Waals surface area contributed by atoms with Gasteiger partial charge in [-0.3, -0.25) is 9.13 Å². The molecule has 0 aliphatic rings. The highest BCUT2D eigenvalue weighted by atomic mass is 32.2. The van der Waals surface area contributed by atoms with Crippen LogP contribution in [0.2, 0.25) is 0 Å². The second kappa shape index (κ2) is 4.75. The molecule has 0 saturated carbocycles. The van der Waals surface area contributed by atoms with Crippen molar-refractivity contribution in [2.24, 2.45) is 14.1 Å². The lowest BCUT2D eigenvalue weighted by Crippen LogP contribution is -2.24. The van der Waals surface area contributed by atoms with Gasteiger partial charge in [-0.1, -0.05) is 6.07 Å². The van der Waals surface area contributed by atoms with Gasteiger partial charge in [-0.05, 0) is 24.6 Å². The van der Waals surface area contributed by atoms with Gasteiger partial charge >= 0.3 is 5.69 Å². The number of imidazole rings is 1. The summed E-state index contributed by atoms with van der Waals surface area (Å²) in [5.74, 6) is 0. The van der Waals surface area contributed by atoms with Gasteiger partial charge in [-0.25, -0.2) is 13.2 Å². The van der Waals surface area contributed by atoms with Gasteiger partial charge in [0.05, 0.1) is 22.4 Å². The number of aryl methyl sites for hydroxylation is 2. The van der Waals surface area contributed by atoms with Gasteiger partial charge in [0.25, 0.3) is 0 Å². The third-order valence-electron chi connectivity index (χ3n) is 3.76. The van der Waals surface area contributed by atoms with E-state index in [1.165, 1.54) is 16.1 Å². The van der Waals surface area contributed by atoms with Crippen molar-refractivity contribution in [1.82, 2.24) is 9.13 Å². The fraction of sp³-hybridized carbons (Fsp3) is 0.462. The Hall–Kier alpha value is -1.60. The Kier molecular flexibility index (Phi) is 3.51. The summed E-state index contributed by atoms with van der Waals surface area (Å²) < 4.78 is 26.0. The van der Waals surface area contributed by atoms with E-state index in [0.29, 0.717) is 11.1 Å². The minimum Gasteiger partial charge on any atom is -0.387 e. The third-order valence-corrected chi connectivity index (χ3v) is 5.37. The molecule has 0 aliphatic heterocycles. The van der Waals surface area contributed by atoms with E-state index in [1.807, 2.05) is 0 Å². The zero-order valence-corrected chi connectivity index (χ0v) is 12.7.